The third-order valence-corrected chi connectivity index (χ3v) is 11.8. The molecule has 1 aromatic heterocycles. The number of hydrogen-bond donors (Lipinski definition) is 0. The largest absolute Gasteiger partial charge is 0.477 e. The predicted molar refractivity (Wildman–Crippen MR) is 152 cm³/mol. The summed E-state index contributed by atoms with van der Waals surface area (Å²) in [6, 6.07) is 18.8. The molecule has 5 rings (SSSR count). The van der Waals surface area contributed by atoms with E-state index in [0.29, 0.717) is 19.8 Å². The number of rotatable bonds is 6. The molecule has 2 aliphatic rings. The SMILES string of the molecule is CCOc1c(P(=S)(/C=C2\N(C)c3ccccc3C2(C)C)N2CCOCC2)c(C)nn1-c1ccccc1. The van der Waals surface area contributed by atoms with Gasteiger partial charge in [-0.05, 0) is 43.4 Å². The number of fused-ring (bicyclic) bond motifs is 1. The van der Waals surface area contributed by atoms with E-state index in [1.807, 2.05) is 29.8 Å². The first-order chi connectivity index (χ1) is 17.3. The highest BCUT2D eigenvalue weighted by molar-refractivity contribution is 8.18. The van der Waals surface area contributed by atoms with Crippen LogP contribution in [0.2, 0.25) is 0 Å². The molecule has 0 N–H and O–H groups in total. The van der Waals surface area contributed by atoms with Crippen molar-refractivity contribution in [3.63, 3.8) is 0 Å². The number of hydrogen-bond acceptors (Lipinski definition) is 5. The smallest absolute Gasteiger partial charge is 0.227 e. The number of anilines is 1. The zero-order valence-electron chi connectivity index (χ0n) is 21.8. The molecule has 0 aliphatic carbocycles. The molecule has 1 fully saturated rings. The maximum absolute atomic E-state index is 6.79. The van der Waals surface area contributed by atoms with E-state index in [1.165, 1.54) is 16.9 Å². The van der Waals surface area contributed by atoms with E-state index in [2.05, 4.69) is 79.6 Å². The lowest BCUT2D eigenvalue weighted by Crippen LogP contribution is -2.37. The van der Waals surface area contributed by atoms with Crippen molar-refractivity contribution in [2.45, 2.75) is 33.1 Å². The summed E-state index contributed by atoms with van der Waals surface area (Å²) in [6.07, 6.45) is -2.47. The van der Waals surface area contributed by atoms with Crippen molar-refractivity contribution < 1.29 is 9.47 Å². The molecule has 1 unspecified atom stereocenters. The first-order valence-corrected chi connectivity index (χ1v) is 15.4. The number of aryl methyl sites for hydroxylation is 1. The van der Waals surface area contributed by atoms with Crippen LogP contribution in [0.15, 0.2) is 66.1 Å². The van der Waals surface area contributed by atoms with Crippen LogP contribution in [0.1, 0.15) is 32.0 Å². The Bertz CT molecular complexity index is 1330. The molecule has 190 valence electrons. The van der Waals surface area contributed by atoms with E-state index in [-0.39, 0.29) is 5.41 Å². The van der Waals surface area contributed by atoms with Crippen molar-refractivity contribution in [3.8, 4) is 11.6 Å². The standard InChI is InChI=1S/C28H35N4O2PS/c1-6-34-27-26(21(2)29-32(27)22-12-8-7-9-13-22)35(36,31-16-18-33-19-17-31)20-25-28(3,4)23-14-10-11-15-24(23)30(25)5/h7-15,20H,6,16-19H2,1-5H3/b25-20-. The van der Waals surface area contributed by atoms with Gasteiger partial charge in [-0.15, -0.1) is 0 Å². The van der Waals surface area contributed by atoms with Crippen molar-refractivity contribution in [2.75, 3.05) is 44.9 Å². The summed E-state index contributed by atoms with van der Waals surface area (Å²) in [5.41, 5.74) is 5.51. The topological polar surface area (TPSA) is 42.8 Å². The zero-order valence-corrected chi connectivity index (χ0v) is 23.5. The monoisotopic (exact) mass is 522 g/mol. The second-order valence-corrected chi connectivity index (χ2v) is 14.0. The van der Waals surface area contributed by atoms with Crippen LogP contribution >= 0.6 is 6.19 Å². The summed E-state index contributed by atoms with van der Waals surface area (Å²) >= 11 is 6.79. The molecule has 0 spiro atoms. The molecule has 0 amide bonds. The maximum atomic E-state index is 6.79. The fourth-order valence-corrected chi connectivity index (χ4v) is 9.93. The summed E-state index contributed by atoms with van der Waals surface area (Å²) in [4.78, 5) is 2.31. The number of nitrogens with zero attached hydrogens (tertiary/aromatic N) is 4. The Balaban J connectivity index is 1.74. The Kier molecular flexibility index (Phi) is 6.86. The fourth-order valence-electron chi connectivity index (χ4n) is 5.41. The molecule has 2 aliphatic heterocycles. The number of aromatic nitrogens is 2. The molecule has 3 heterocycles. The molecule has 0 radical (unpaired) electrons. The highest BCUT2D eigenvalue weighted by Crippen LogP contribution is 2.58. The minimum atomic E-state index is -2.47. The molecule has 1 atom stereocenters. The Hall–Kier alpha value is -2.44. The second kappa shape index (κ2) is 9.79. The van der Waals surface area contributed by atoms with Crippen LogP contribution in [0.4, 0.5) is 5.69 Å². The average molecular weight is 523 g/mol. The van der Waals surface area contributed by atoms with Crippen molar-refractivity contribution >= 4 is 29.0 Å². The lowest BCUT2D eigenvalue weighted by Gasteiger charge is -2.38. The van der Waals surface area contributed by atoms with Gasteiger partial charge >= 0.3 is 0 Å². The number of likely N-dealkylation sites (N-methyl/N-ethyl adjacent to an activating group) is 1. The van der Waals surface area contributed by atoms with Crippen molar-refractivity contribution in [1.82, 2.24) is 14.5 Å². The molecular weight excluding hydrogens is 487 g/mol. The molecule has 2 aromatic carbocycles. The minimum absolute atomic E-state index is 0.170. The fraction of sp³-hybridized carbons (Fsp3) is 0.393. The molecule has 0 bridgehead atoms. The van der Waals surface area contributed by atoms with Gasteiger partial charge in [0.25, 0.3) is 0 Å². The first-order valence-electron chi connectivity index (χ1n) is 12.6. The number of allylic oxidation sites excluding steroid dienone is 1. The Labute approximate surface area is 219 Å². The molecular formula is C28H35N4O2PS. The molecule has 6 nitrogen and oxygen atoms in total. The highest BCUT2D eigenvalue weighted by Gasteiger charge is 2.42. The van der Waals surface area contributed by atoms with Gasteiger partial charge in [0.2, 0.25) is 5.88 Å². The summed E-state index contributed by atoms with van der Waals surface area (Å²) in [5, 5.41) is 6.02. The van der Waals surface area contributed by atoms with Crippen LogP contribution in [0.5, 0.6) is 5.88 Å². The predicted octanol–water partition coefficient (Wildman–Crippen LogP) is 5.20. The molecule has 8 heteroatoms. The van der Waals surface area contributed by atoms with Gasteiger partial charge in [-0.2, -0.15) is 5.10 Å². The van der Waals surface area contributed by atoms with Gasteiger partial charge in [0, 0.05) is 36.9 Å². The lowest BCUT2D eigenvalue weighted by molar-refractivity contribution is 0.0753. The number of morpholine rings is 1. The molecule has 3 aromatic rings. The summed E-state index contributed by atoms with van der Waals surface area (Å²) in [5.74, 6) is 3.14. The summed E-state index contributed by atoms with van der Waals surface area (Å²) in [6.45, 7) is 12.1. The minimum Gasteiger partial charge on any atom is -0.477 e. The van der Waals surface area contributed by atoms with E-state index in [4.69, 9.17) is 26.4 Å². The highest BCUT2D eigenvalue weighted by atomic mass is 32.4. The molecule has 1 saturated heterocycles. The van der Waals surface area contributed by atoms with Gasteiger partial charge in [0.05, 0.1) is 42.7 Å². The third-order valence-electron chi connectivity index (χ3n) is 7.24. The van der Waals surface area contributed by atoms with Crippen molar-refractivity contribution in [1.29, 1.82) is 0 Å². The van der Waals surface area contributed by atoms with Crippen LogP contribution < -0.4 is 14.9 Å². The van der Waals surface area contributed by atoms with Gasteiger partial charge in [-0.3, -0.25) is 4.67 Å². The normalized spacial score (nSPS) is 20.4. The van der Waals surface area contributed by atoms with Gasteiger partial charge < -0.3 is 14.4 Å². The number of para-hydroxylation sites is 2. The molecule has 0 saturated carbocycles. The van der Waals surface area contributed by atoms with Gasteiger partial charge in [-0.1, -0.05) is 62.1 Å². The first kappa shape index (κ1) is 25.2. The van der Waals surface area contributed by atoms with Crippen LogP contribution in [0.3, 0.4) is 0 Å². The molecule has 36 heavy (non-hydrogen) atoms. The van der Waals surface area contributed by atoms with Crippen molar-refractivity contribution in [2.24, 2.45) is 0 Å². The number of ether oxygens (including phenoxy) is 2. The van der Waals surface area contributed by atoms with E-state index in [9.17, 15) is 0 Å². The average Bonchev–Trinajstić information content (AvgIpc) is 3.32. The Morgan fingerprint density at radius 1 is 1.08 bits per heavy atom. The zero-order chi connectivity index (χ0) is 25.5. The van der Waals surface area contributed by atoms with E-state index < -0.39 is 6.19 Å². The Morgan fingerprint density at radius 3 is 2.42 bits per heavy atom. The van der Waals surface area contributed by atoms with E-state index in [1.54, 1.807) is 0 Å². The summed E-state index contributed by atoms with van der Waals surface area (Å²) in [7, 11) is 2.15. The van der Waals surface area contributed by atoms with Crippen LogP contribution in [0, 0.1) is 6.92 Å². The van der Waals surface area contributed by atoms with Gasteiger partial charge in [-0.25, -0.2) is 4.68 Å². The second-order valence-electron chi connectivity index (χ2n) is 9.82. The van der Waals surface area contributed by atoms with Crippen LogP contribution in [-0.2, 0) is 22.0 Å². The van der Waals surface area contributed by atoms with Crippen LogP contribution in [-0.4, -0.2) is 54.4 Å². The maximum Gasteiger partial charge on any atom is 0.227 e. The van der Waals surface area contributed by atoms with Crippen LogP contribution in [0.25, 0.3) is 5.69 Å². The van der Waals surface area contributed by atoms with Gasteiger partial charge in [0.15, 0.2) is 0 Å². The Morgan fingerprint density at radius 2 is 1.75 bits per heavy atom. The van der Waals surface area contributed by atoms with Gasteiger partial charge in [0.1, 0.15) is 0 Å². The lowest BCUT2D eigenvalue weighted by atomic mass is 9.84. The number of benzene rings is 2. The van der Waals surface area contributed by atoms with E-state index >= 15 is 0 Å². The third kappa shape index (κ3) is 4.12. The van der Waals surface area contributed by atoms with E-state index in [0.717, 1.165) is 35.7 Å². The summed E-state index contributed by atoms with van der Waals surface area (Å²) < 4.78 is 16.5. The quantitative estimate of drug-likeness (QED) is 0.415. The van der Waals surface area contributed by atoms with Crippen molar-refractivity contribution in [3.05, 3.63) is 77.4 Å².